The minimum atomic E-state index is -3.58. The van der Waals surface area contributed by atoms with Crippen molar-refractivity contribution in [1.29, 1.82) is 0 Å². The maximum atomic E-state index is 12.2. The summed E-state index contributed by atoms with van der Waals surface area (Å²) in [5.74, 6) is 0.692. The van der Waals surface area contributed by atoms with Crippen molar-refractivity contribution >= 4 is 26.0 Å². The van der Waals surface area contributed by atoms with E-state index in [0.29, 0.717) is 5.76 Å². The third kappa shape index (κ3) is 3.57. The summed E-state index contributed by atoms with van der Waals surface area (Å²) in [6.45, 7) is 6.04. The lowest BCUT2D eigenvalue weighted by Gasteiger charge is -2.19. The predicted molar refractivity (Wildman–Crippen MR) is 73.5 cm³/mol. The molecule has 7 heteroatoms. The van der Waals surface area contributed by atoms with E-state index >= 15 is 0 Å². The van der Waals surface area contributed by atoms with Gasteiger partial charge >= 0.3 is 0 Å². The van der Waals surface area contributed by atoms with Gasteiger partial charge in [-0.3, -0.25) is 0 Å². The van der Waals surface area contributed by atoms with Crippen molar-refractivity contribution in [2.45, 2.75) is 44.7 Å². The van der Waals surface area contributed by atoms with Crippen LogP contribution in [0.25, 0.3) is 0 Å². The van der Waals surface area contributed by atoms with E-state index in [2.05, 4.69) is 20.7 Å². The number of furan rings is 1. The molecule has 0 radical (unpaired) electrons. The van der Waals surface area contributed by atoms with Crippen LogP contribution in [-0.4, -0.2) is 14.5 Å². The number of hydrogen-bond acceptors (Lipinski definition) is 4. The van der Waals surface area contributed by atoms with Gasteiger partial charge in [-0.1, -0.05) is 20.3 Å². The molecule has 18 heavy (non-hydrogen) atoms. The van der Waals surface area contributed by atoms with Crippen LogP contribution in [0.5, 0.6) is 0 Å². The van der Waals surface area contributed by atoms with Gasteiger partial charge in [-0.05, 0) is 28.8 Å². The minimum absolute atomic E-state index is 0.0955. The first kappa shape index (κ1) is 15.7. The summed E-state index contributed by atoms with van der Waals surface area (Å²) in [5, 5.41) is 0. The van der Waals surface area contributed by atoms with Gasteiger partial charge in [0, 0.05) is 12.1 Å². The van der Waals surface area contributed by atoms with E-state index in [4.69, 9.17) is 10.2 Å². The van der Waals surface area contributed by atoms with Gasteiger partial charge in [0.1, 0.15) is 10.7 Å². The van der Waals surface area contributed by atoms with E-state index in [1.165, 1.54) is 6.07 Å². The number of rotatable bonds is 6. The van der Waals surface area contributed by atoms with Crippen molar-refractivity contribution in [3.8, 4) is 0 Å². The third-order valence-corrected chi connectivity index (χ3v) is 5.45. The molecule has 0 bridgehead atoms. The molecule has 1 aromatic heterocycles. The van der Waals surface area contributed by atoms with E-state index in [0.717, 1.165) is 6.42 Å². The summed E-state index contributed by atoms with van der Waals surface area (Å²) in [4.78, 5) is 0.0955. The molecule has 3 N–H and O–H groups in total. The minimum Gasteiger partial charge on any atom is -0.452 e. The lowest BCUT2D eigenvalue weighted by atomic mass is 10.0. The van der Waals surface area contributed by atoms with Crippen LogP contribution in [0.2, 0.25) is 0 Å². The van der Waals surface area contributed by atoms with Gasteiger partial charge < -0.3 is 10.2 Å². The van der Waals surface area contributed by atoms with Gasteiger partial charge in [-0.25, -0.2) is 13.1 Å². The molecule has 0 fully saturated rings. The number of halogens is 1. The highest BCUT2D eigenvalue weighted by molar-refractivity contribution is 9.10. The second-order valence-corrected chi connectivity index (χ2v) is 6.75. The Morgan fingerprint density at radius 2 is 2.11 bits per heavy atom. The van der Waals surface area contributed by atoms with Crippen LogP contribution in [0, 0.1) is 5.92 Å². The Bertz CT molecular complexity index is 498. The summed E-state index contributed by atoms with van der Waals surface area (Å²) in [6.07, 6.45) is 0.907. The highest BCUT2D eigenvalue weighted by Gasteiger charge is 2.25. The smallest absolute Gasteiger partial charge is 0.245 e. The Morgan fingerprint density at radius 3 is 2.56 bits per heavy atom. The Morgan fingerprint density at radius 1 is 1.50 bits per heavy atom. The normalized spacial score (nSPS) is 15.6. The highest BCUT2D eigenvalue weighted by atomic mass is 79.9. The van der Waals surface area contributed by atoms with Gasteiger partial charge in [-0.15, -0.1) is 0 Å². The van der Waals surface area contributed by atoms with Gasteiger partial charge in [-0.2, -0.15) is 0 Å². The topological polar surface area (TPSA) is 85.3 Å². The van der Waals surface area contributed by atoms with Crippen LogP contribution in [-0.2, 0) is 16.6 Å². The first-order valence-electron chi connectivity index (χ1n) is 5.82. The summed E-state index contributed by atoms with van der Waals surface area (Å²) in [7, 11) is -3.58. The van der Waals surface area contributed by atoms with Gasteiger partial charge in [0.15, 0.2) is 4.67 Å². The van der Waals surface area contributed by atoms with Gasteiger partial charge in [0.05, 0.1) is 6.54 Å². The molecule has 0 aromatic carbocycles. The molecule has 0 aliphatic rings. The molecular formula is C11H19BrN2O3S. The number of nitrogens with two attached hydrogens (primary N) is 1. The molecule has 0 aliphatic heterocycles. The van der Waals surface area contributed by atoms with Crippen LogP contribution in [0.4, 0.5) is 0 Å². The number of sulfonamides is 1. The highest BCUT2D eigenvalue weighted by Crippen LogP contribution is 2.26. The first-order chi connectivity index (χ1) is 8.31. The van der Waals surface area contributed by atoms with Crippen molar-refractivity contribution in [2.75, 3.05) is 0 Å². The molecule has 0 aliphatic carbocycles. The number of nitrogens with one attached hydrogen (secondary N) is 1. The predicted octanol–water partition coefficient (Wildman–Crippen LogP) is 2.21. The molecule has 1 aromatic rings. The molecule has 1 heterocycles. The molecule has 0 spiro atoms. The average Bonchev–Trinajstić information content (AvgIpc) is 2.69. The molecule has 0 amide bonds. The van der Waals surface area contributed by atoms with E-state index in [1.807, 2.05) is 20.8 Å². The van der Waals surface area contributed by atoms with Gasteiger partial charge in [0.2, 0.25) is 10.0 Å². The molecule has 0 saturated heterocycles. The van der Waals surface area contributed by atoms with Crippen molar-refractivity contribution in [1.82, 2.24) is 4.72 Å². The largest absolute Gasteiger partial charge is 0.452 e. The summed E-state index contributed by atoms with van der Waals surface area (Å²) >= 11 is 3.10. The van der Waals surface area contributed by atoms with Crippen LogP contribution in [0.15, 0.2) is 20.0 Å². The lowest BCUT2D eigenvalue weighted by Crippen LogP contribution is -2.36. The molecule has 0 saturated carbocycles. The summed E-state index contributed by atoms with van der Waals surface area (Å²) < 4.78 is 32.4. The quantitative estimate of drug-likeness (QED) is 0.832. The SMILES string of the molecule is CCC(C)C(C)NS(=O)(=O)c1cc(CN)oc1Br. The van der Waals surface area contributed by atoms with Crippen molar-refractivity contribution in [3.05, 3.63) is 16.5 Å². The maximum absolute atomic E-state index is 12.2. The zero-order valence-corrected chi connectivity index (χ0v) is 13.1. The summed E-state index contributed by atoms with van der Waals surface area (Å²) in [5.41, 5.74) is 5.42. The van der Waals surface area contributed by atoms with Crippen molar-refractivity contribution in [2.24, 2.45) is 11.7 Å². The zero-order chi connectivity index (χ0) is 13.9. The standard InChI is InChI=1S/C11H19BrN2O3S/c1-4-7(2)8(3)14-18(15,16)10-5-9(6-13)17-11(10)12/h5,7-8,14H,4,6,13H2,1-3H3. The fraction of sp³-hybridized carbons (Fsp3) is 0.636. The molecular weight excluding hydrogens is 320 g/mol. The second kappa shape index (κ2) is 6.18. The van der Waals surface area contributed by atoms with Crippen LogP contribution in [0.1, 0.15) is 33.0 Å². The van der Waals surface area contributed by atoms with E-state index in [1.54, 1.807) is 0 Å². The number of hydrogen-bond donors (Lipinski definition) is 2. The van der Waals surface area contributed by atoms with Crippen molar-refractivity contribution < 1.29 is 12.8 Å². The van der Waals surface area contributed by atoms with E-state index in [9.17, 15) is 8.42 Å². The van der Waals surface area contributed by atoms with Crippen LogP contribution < -0.4 is 10.5 Å². The Balaban J connectivity index is 2.96. The average molecular weight is 339 g/mol. The molecule has 2 unspecified atom stereocenters. The van der Waals surface area contributed by atoms with E-state index in [-0.39, 0.29) is 28.1 Å². The summed E-state index contributed by atoms with van der Waals surface area (Å²) in [6, 6.07) is 1.30. The fourth-order valence-electron chi connectivity index (χ4n) is 1.46. The van der Waals surface area contributed by atoms with Crippen LogP contribution in [0.3, 0.4) is 0 Å². The molecule has 5 nitrogen and oxygen atoms in total. The van der Waals surface area contributed by atoms with Crippen molar-refractivity contribution in [3.63, 3.8) is 0 Å². The lowest BCUT2D eigenvalue weighted by molar-refractivity contribution is 0.433. The maximum Gasteiger partial charge on any atom is 0.245 e. The zero-order valence-electron chi connectivity index (χ0n) is 10.7. The van der Waals surface area contributed by atoms with Gasteiger partial charge in [0.25, 0.3) is 0 Å². The third-order valence-electron chi connectivity index (χ3n) is 3.04. The monoisotopic (exact) mass is 338 g/mol. The first-order valence-corrected chi connectivity index (χ1v) is 8.10. The Hall–Kier alpha value is -0.370. The Labute approximate surface area is 116 Å². The van der Waals surface area contributed by atoms with E-state index < -0.39 is 10.0 Å². The van der Waals surface area contributed by atoms with Crippen LogP contribution >= 0.6 is 15.9 Å². The fourth-order valence-corrected chi connectivity index (χ4v) is 3.81. The Kier molecular flexibility index (Phi) is 5.39. The molecule has 104 valence electrons. The molecule has 2 atom stereocenters. The second-order valence-electron chi connectivity index (χ2n) is 4.35. The molecule has 1 rings (SSSR count).